The van der Waals surface area contributed by atoms with Gasteiger partial charge in [0.25, 0.3) is 0 Å². The van der Waals surface area contributed by atoms with Crippen LogP contribution in [0.25, 0.3) is 0 Å². The topological polar surface area (TPSA) is 70.7 Å². The summed E-state index contributed by atoms with van der Waals surface area (Å²) in [7, 11) is 1.64. The van der Waals surface area contributed by atoms with Crippen LogP contribution in [0.1, 0.15) is 6.42 Å². The third-order valence-corrected chi connectivity index (χ3v) is 4.62. The van der Waals surface area contributed by atoms with Crippen LogP contribution in [0.3, 0.4) is 0 Å². The number of ether oxygens (including phenoxy) is 1. The lowest BCUT2D eigenvalue weighted by molar-refractivity contribution is -0.137. The van der Waals surface area contributed by atoms with Crippen molar-refractivity contribution in [1.82, 2.24) is 15.5 Å². The van der Waals surface area contributed by atoms with Crippen molar-refractivity contribution < 1.29 is 14.3 Å². The summed E-state index contributed by atoms with van der Waals surface area (Å²) in [6.07, 6.45) is 1.04. The van der Waals surface area contributed by atoms with Crippen molar-refractivity contribution in [2.75, 3.05) is 44.9 Å². The largest absolute Gasteiger partial charge is 0.383 e. The smallest absolute Gasteiger partial charge is 0.241 e. The van der Waals surface area contributed by atoms with Crippen LogP contribution in [0.15, 0.2) is 0 Å². The first-order valence-electron chi connectivity index (χ1n) is 6.59. The van der Waals surface area contributed by atoms with E-state index in [0.717, 1.165) is 17.9 Å². The maximum atomic E-state index is 12.5. The zero-order valence-corrected chi connectivity index (χ0v) is 12.0. The van der Waals surface area contributed by atoms with Gasteiger partial charge in [-0.15, -0.1) is 0 Å². The SMILES string of the molecule is COCCN(C(=O)C1CNC(=O)CN1)C1CCSC1. The number of amides is 2. The van der Waals surface area contributed by atoms with E-state index in [1.807, 2.05) is 16.7 Å². The summed E-state index contributed by atoms with van der Waals surface area (Å²) in [5.74, 6) is 2.12. The van der Waals surface area contributed by atoms with Gasteiger partial charge in [0.05, 0.1) is 13.2 Å². The summed E-state index contributed by atoms with van der Waals surface area (Å²) < 4.78 is 5.10. The Kier molecular flexibility index (Phi) is 5.47. The number of nitrogens with one attached hydrogen (secondary N) is 2. The molecule has 19 heavy (non-hydrogen) atoms. The van der Waals surface area contributed by atoms with Crippen molar-refractivity contribution in [3.8, 4) is 0 Å². The third kappa shape index (κ3) is 3.84. The van der Waals surface area contributed by atoms with E-state index in [4.69, 9.17) is 4.74 Å². The van der Waals surface area contributed by atoms with Gasteiger partial charge in [0.1, 0.15) is 6.04 Å². The number of methoxy groups -OCH3 is 1. The molecule has 2 rings (SSSR count). The van der Waals surface area contributed by atoms with E-state index in [1.54, 1.807) is 7.11 Å². The molecule has 2 aliphatic heterocycles. The Morgan fingerprint density at radius 3 is 3.00 bits per heavy atom. The molecule has 2 unspecified atom stereocenters. The van der Waals surface area contributed by atoms with Gasteiger partial charge in [-0.2, -0.15) is 11.8 Å². The number of carbonyl (C=O) groups is 2. The van der Waals surface area contributed by atoms with Crippen molar-refractivity contribution in [2.45, 2.75) is 18.5 Å². The van der Waals surface area contributed by atoms with Crippen LogP contribution in [0, 0.1) is 0 Å². The Bertz CT molecular complexity index is 324. The standard InChI is InChI=1S/C12H21N3O3S/c1-18-4-3-15(9-2-5-19-8-9)12(17)10-6-14-11(16)7-13-10/h9-10,13H,2-8H2,1H3,(H,14,16). The molecule has 2 N–H and O–H groups in total. The van der Waals surface area contributed by atoms with Crippen LogP contribution in [0.4, 0.5) is 0 Å². The number of piperazine rings is 1. The number of hydrogen-bond acceptors (Lipinski definition) is 5. The summed E-state index contributed by atoms with van der Waals surface area (Å²) in [5, 5.41) is 5.73. The molecule has 6 nitrogen and oxygen atoms in total. The van der Waals surface area contributed by atoms with E-state index in [2.05, 4.69) is 10.6 Å². The van der Waals surface area contributed by atoms with Gasteiger partial charge in [0, 0.05) is 32.0 Å². The fraction of sp³-hybridized carbons (Fsp3) is 0.833. The van der Waals surface area contributed by atoms with Crippen molar-refractivity contribution in [3.63, 3.8) is 0 Å². The van der Waals surface area contributed by atoms with E-state index in [-0.39, 0.29) is 24.4 Å². The van der Waals surface area contributed by atoms with Crippen molar-refractivity contribution in [3.05, 3.63) is 0 Å². The molecule has 0 bridgehead atoms. The fourth-order valence-electron chi connectivity index (χ4n) is 2.37. The van der Waals surface area contributed by atoms with Crippen LogP contribution in [-0.4, -0.2) is 73.7 Å². The minimum atomic E-state index is -0.305. The maximum absolute atomic E-state index is 12.5. The lowest BCUT2D eigenvalue weighted by atomic mass is 10.1. The summed E-state index contributed by atoms with van der Waals surface area (Å²) >= 11 is 1.88. The minimum Gasteiger partial charge on any atom is -0.383 e. The molecule has 2 fully saturated rings. The second-order valence-corrected chi connectivity index (χ2v) is 5.93. The second kappa shape index (κ2) is 7.12. The molecule has 0 aromatic carbocycles. The molecule has 7 heteroatoms. The third-order valence-electron chi connectivity index (χ3n) is 3.48. The van der Waals surface area contributed by atoms with Gasteiger partial charge in [-0.25, -0.2) is 0 Å². The average molecular weight is 287 g/mol. The minimum absolute atomic E-state index is 0.0519. The zero-order chi connectivity index (χ0) is 13.7. The van der Waals surface area contributed by atoms with Gasteiger partial charge in [-0.05, 0) is 12.2 Å². The first-order valence-corrected chi connectivity index (χ1v) is 7.75. The molecule has 2 amide bonds. The summed E-state index contributed by atoms with van der Waals surface area (Å²) in [6, 6.07) is -0.00719. The summed E-state index contributed by atoms with van der Waals surface area (Å²) in [5.41, 5.74) is 0. The molecule has 0 aromatic heterocycles. The molecule has 0 radical (unpaired) electrons. The predicted octanol–water partition coefficient (Wildman–Crippen LogP) is -0.945. The maximum Gasteiger partial charge on any atom is 0.241 e. The van der Waals surface area contributed by atoms with Crippen LogP contribution in [-0.2, 0) is 14.3 Å². The number of thioether (sulfide) groups is 1. The molecule has 2 atom stereocenters. The van der Waals surface area contributed by atoms with Gasteiger partial charge >= 0.3 is 0 Å². The highest BCUT2D eigenvalue weighted by molar-refractivity contribution is 7.99. The van der Waals surface area contributed by atoms with Crippen molar-refractivity contribution in [2.24, 2.45) is 0 Å². The Labute approximate surface area is 117 Å². The second-order valence-electron chi connectivity index (χ2n) is 4.78. The van der Waals surface area contributed by atoms with Gasteiger partial charge in [-0.1, -0.05) is 0 Å². The zero-order valence-electron chi connectivity index (χ0n) is 11.2. The Morgan fingerprint density at radius 1 is 1.58 bits per heavy atom. The molecule has 2 saturated heterocycles. The van der Waals surface area contributed by atoms with E-state index < -0.39 is 0 Å². The van der Waals surface area contributed by atoms with Crippen molar-refractivity contribution >= 4 is 23.6 Å². The molecule has 0 spiro atoms. The quantitative estimate of drug-likeness (QED) is 0.682. The highest BCUT2D eigenvalue weighted by Gasteiger charge is 2.33. The average Bonchev–Trinajstić information content (AvgIpc) is 2.94. The molecule has 0 saturated carbocycles. The lowest BCUT2D eigenvalue weighted by Crippen LogP contribution is -2.60. The number of carbonyl (C=O) groups excluding carboxylic acids is 2. The normalized spacial score (nSPS) is 27.1. The van der Waals surface area contributed by atoms with Gasteiger partial charge in [-0.3, -0.25) is 14.9 Å². The van der Waals surface area contributed by atoms with E-state index in [9.17, 15) is 9.59 Å². The van der Waals surface area contributed by atoms with Crippen molar-refractivity contribution in [1.29, 1.82) is 0 Å². The van der Waals surface area contributed by atoms with Crippen LogP contribution in [0.2, 0.25) is 0 Å². The number of nitrogens with zero attached hydrogens (tertiary/aromatic N) is 1. The van der Waals surface area contributed by atoms with Crippen LogP contribution < -0.4 is 10.6 Å². The summed E-state index contributed by atoms with van der Waals surface area (Å²) in [4.78, 5) is 25.6. The van der Waals surface area contributed by atoms with Crippen LogP contribution >= 0.6 is 11.8 Å². The van der Waals surface area contributed by atoms with Gasteiger partial charge < -0.3 is 15.0 Å². The lowest BCUT2D eigenvalue weighted by Gasteiger charge is -2.33. The molecular formula is C12H21N3O3S. The molecular weight excluding hydrogens is 266 g/mol. The van der Waals surface area contributed by atoms with E-state index in [0.29, 0.717) is 25.7 Å². The van der Waals surface area contributed by atoms with E-state index >= 15 is 0 Å². The summed E-state index contributed by atoms with van der Waals surface area (Å²) in [6.45, 7) is 1.76. The van der Waals surface area contributed by atoms with Gasteiger partial charge in [0.15, 0.2) is 0 Å². The molecule has 108 valence electrons. The molecule has 2 aliphatic rings. The fourth-order valence-corrected chi connectivity index (χ4v) is 3.60. The monoisotopic (exact) mass is 287 g/mol. The first-order chi connectivity index (χ1) is 9.22. The predicted molar refractivity (Wildman–Crippen MR) is 74.1 cm³/mol. The Morgan fingerprint density at radius 2 is 2.42 bits per heavy atom. The Balaban J connectivity index is 1.95. The molecule has 0 aromatic rings. The van der Waals surface area contributed by atoms with Gasteiger partial charge in [0.2, 0.25) is 11.8 Å². The molecule has 2 heterocycles. The Hall–Kier alpha value is -0.790. The highest BCUT2D eigenvalue weighted by atomic mass is 32.2. The number of rotatable bonds is 5. The van der Waals surface area contributed by atoms with E-state index in [1.165, 1.54) is 0 Å². The van der Waals surface area contributed by atoms with Crippen LogP contribution in [0.5, 0.6) is 0 Å². The number of hydrogen-bond donors (Lipinski definition) is 2. The highest BCUT2D eigenvalue weighted by Crippen LogP contribution is 2.22. The first kappa shape index (κ1) is 14.6. The molecule has 0 aliphatic carbocycles.